The summed E-state index contributed by atoms with van der Waals surface area (Å²) in [5.74, 6) is -0.647. The van der Waals surface area contributed by atoms with Crippen molar-refractivity contribution in [2.24, 2.45) is 0 Å². The Labute approximate surface area is 155 Å². The van der Waals surface area contributed by atoms with Crippen LogP contribution in [0.3, 0.4) is 0 Å². The SMILES string of the molecule is COc1ccc(C(=O)NNC(=S)NC(=O)/C=C/c2ccc(F)cc2)cc1. The summed E-state index contributed by atoms with van der Waals surface area (Å²) in [4.78, 5) is 23.7. The highest BCUT2D eigenvalue weighted by Gasteiger charge is 2.07. The predicted molar refractivity (Wildman–Crippen MR) is 99.8 cm³/mol. The van der Waals surface area contributed by atoms with E-state index in [1.807, 2.05) is 0 Å². The maximum Gasteiger partial charge on any atom is 0.269 e. The third kappa shape index (κ3) is 5.99. The number of rotatable bonds is 4. The highest BCUT2D eigenvalue weighted by atomic mass is 32.1. The molecule has 0 radical (unpaired) electrons. The first-order chi connectivity index (χ1) is 12.5. The number of nitrogens with one attached hydrogen (secondary N) is 3. The van der Waals surface area contributed by atoms with Crippen LogP contribution in [0.15, 0.2) is 54.6 Å². The van der Waals surface area contributed by atoms with Gasteiger partial charge in [-0.3, -0.25) is 25.8 Å². The molecule has 0 aliphatic rings. The molecule has 2 amide bonds. The number of hydrogen-bond donors (Lipinski definition) is 3. The molecule has 0 aliphatic heterocycles. The molecular formula is C18H16FN3O3S. The summed E-state index contributed by atoms with van der Waals surface area (Å²) in [5, 5.41) is 2.30. The highest BCUT2D eigenvalue weighted by molar-refractivity contribution is 7.80. The molecule has 8 heteroatoms. The zero-order valence-corrected chi connectivity index (χ0v) is 14.6. The van der Waals surface area contributed by atoms with Crippen LogP contribution in [0, 0.1) is 5.82 Å². The second-order valence-electron chi connectivity index (χ2n) is 5.01. The quantitative estimate of drug-likeness (QED) is 0.435. The zero-order valence-electron chi connectivity index (χ0n) is 13.8. The van der Waals surface area contributed by atoms with Crippen LogP contribution in [-0.4, -0.2) is 24.0 Å². The van der Waals surface area contributed by atoms with E-state index in [-0.39, 0.29) is 10.9 Å². The van der Waals surface area contributed by atoms with Crippen molar-refractivity contribution < 1.29 is 18.7 Å². The number of carbonyl (C=O) groups is 2. The Hall–Kier alpha value is -3.26. The van der Waals surface area contributed by atoms with E-state index in [4.69, 9.17) is 17.0 Å². The molecule has 0 unspecified atom stereocenters. The zero-order chi connectivity index (χ0) is 18.9. The summed E-state index contributed by atoms with van der Waals surface area (Å²) >= 11 is 4.92. The Morgan fingerprint density at radius 2 is 1.69 bits per heavy atom. The fourth-order valence-electron chi connectivity index (χ4n) is 1.86. The second-order valence-corrected chi connectivity index (χ2v) is 5.42. The lowest BCUT2D eigenvalue weighted by molar-refractivity contribution is -0.115. The third-order valence-electron chi connectivity index (χ3n) is 3.18. The Morgan fingerprint density at radius 3 is 2.31 bits per heavy atom. The molecule has 0 spiro atoms. The molecule has 0 aliphatic carbocycles. The standard InChI is InChI=1S/C18H16FN3O3S/c1-25-15-9-5-13(6-10-15)17(24)21-22-18(26)20-16(23)11-4-12-2-7-14(19)8-3-12/h2-11H,1H3,(H,21,24)(H2,20,22,23,26)/b11-4+. The van der Waals surface area contributed by atoms with Gasteiger partial charge in [0.2, 0.25) is 5.91 Å². The van der Waals surface area contributed by atoms with Crippen molar-refractivity contribution in [3.63, 3.8) is 0 Å². The van der Waals surface area contributed by atoms with E-state index in [1.165, 1.54) is 43.5 Å². The largest absolute Gasteiger partial charge is 0.497 e. The van der Waals surface area contributed by atoms with E-state index < -0.39 is 11.8 Å². The number of hydrogen-bond acceptors (Lipinski definition) is 4. The Morgan fingerprint density at radius 1 is 1.04 bits per heavy atom. The van der Waals surface area contributed by atoms with Crippen LogP contribution in [0.25, 0.3) is 6.08 Å². The van der Waals surface area contributed by atoms with Crippen LogP contribution >= 0.6 is 12.2 Å². The summed E-state index contributed by atoms with van der Waals surface area (Å²) in [7, 11) is 1.53. The normalized spacial score (nSPS) is 10.2. The first-order valence-electron chi connectivity index (χ1n) is 7.47. The van der Waals surface area contributed by atoms with Gasteiger partial charge in [0.25, 0.3) is 5.91 Å². The van der Waals surface area contributed by atoms with Gasteiger partial charge in [-0.15, -0.1) is 0 Å². The molecular weight excluding hydrogens is 357 g/mol. The van der Waals surface area contributed by atoms with Crippen LogP contribution in [0.5, 0.6) is 5.75 Å². The first kappa shape index (κ1) is 19.1. The van der Waals surface area contributed by atoms with Crippen LogP contribution in [0.1, 0.15) is 15.9 Å². The lowest BCUT2D eigenvalue weighted by atomic mass is 10.2. The van der Waals surface area contributed by atoms with Gasteiger partial charge in [0.1, 0.15) is 11.6 Å². The summed E-state index contributed by atoms with van der Waals surface area (Å²) in [6.07, 6.45) is 2.75. The highest BCUT2D eigenvalue weighted by Crippen LogP contribution is 2.10. The van der Waals surface area contributed by atoms with Gasteiger partial charge in [0, 0.05) is 11.6 Å². The Bertz CT molecular complexity index is 821. The predicted octanol–water partition coefficient (Wildman–Crippen LogP) is 2.18. The summed E-state index contributed by atoms with van der Waals surface area (Å²) in [6.45, 7) is 0. The maximum atomic E-state index is 12.8. The molecule has 6 nitrogen and oxygen atoms in total. The fourth-order valence-corrected chi connectivity index (χ4v) is 2.01. The first-order valence-corrected chi connectivity index (χ1v) is 7.88. The molecule has 3 N–H and O–H groups in total. The second kappa shape index (κ2) is 9.28. The number of ether oxygens (including phenoxy) is 1. The van der Waals surface area contributed by atoms with Crippen LogP contribution in [0.2, 0.25) is 0 Å². The molecule has 0 saturated heterocycles. The summed E-state index contributed by atoms with van der Waals surface area (Å²) in [6, 6.07) is 12.1. The maximum absolute atomic E-state index is 12.8. The van der Waals surface area contributed by atoms with Gasteiger partial charge in [-0.1, -0.05) is 12.1 Å². The summed E-state index contributed by atoms with van der Waals surface area (Å²) in [5.41, 5.74) is 5.85. The summed E-state index contributed by atoms with van der Waals surface area (Å²) < 4.78 is 17.8. The number of amides is 2. The topological polar surface area (TPSA) is 79.5 Å². The van der Waals surface area contributed by atoms with Crippen molar-refractivity contribution in [2.75, 3.05) is 7.11 Å². The van der Waals surface area contributed by atoms with Crippen LogP contribution in [0.4, 0.5) is 4.39 Å². The molecule has 0 atom stereocenters. The lowest BCUT2D eigenvalue weighted by Gasteiger charge is -2.10. The van der Waals surface area contributed by atoms with E-state index in [0.717, 1.165) is 0 Å². The molecule has 0 bridgehead atoms. The van der Waals surface area contributed by atoms with Crippen LogP contribution in [-0.2, 0) is 4.79 Å². The van der Waals surface area contributed by atoms with Gasteiger partial charge in [0.15, 0.2) is 5.11 Å². The molecule has 0 fully saturated rings. The van der Waals surface area contributed by atoms with Gasteiger partial charge in [-0.05, 0) is 60.3 Å². The number of methoxy groups -OCH3 is 1. The number of benzene rings is 2. The van der Waals surface area contributed by atoms with E-state index in [9.17, 15) is 14.0 Å². The average molecular weight is 373 g/mol. The van der Waals surface area contributed by atoms with Crippen molar-refractivity contribution in [1.82, 2.24) is 16.2 Å². The van der Waals surface area contributed by atoms with Gasteiger partial charge < -0.3 is 4.74 Å². The molecule has 0 saturated carbocycles. The number of carbonyl (C=O) groups excluding carboxylic acids is 2. The van der Waals surface area contributed by atoms with E-state index >= 15 is 0 Å². The molecule has 2 aromatic carbocycles. The van der Waals surface area contributed by atoms with Crippen molar-refractivity contribution in [1.29, 1.82) is 0 Å². The molecule has 134 valence electrons. The minimum atomic E-state index is -0.495. The van der Waals surface area contributed by atoms with Crippen molar-refractivity contribution in [3.8, 4) is 5.75 Å². The van der Waals surface area contributed by atoms with Crippen LogP contribution < -0.4 is 20.9 Å². The van der Waals surface area contributed by atoms with Crippen molar-refractivity contribution >= 4 is 35.2 Å². The molecule has 26 heavy (non-hydrogen) atoms. The van der Waals surface area contributed by atoms with Crippen molar-refractivity contribution in [2.45, 2.75) is 0 Å². The van der Waals surface area contributed by atoms with Gasteiger partial charge in [-0.2, -0.15) is 0 Å². The Kier molecular flexibility index (Phi) is 6.81. The average Bonchev–Trinajstić information content (AvgIpc) is 2.65. The van der Waals surface area contributed by atoms with E-state index in [0.29, 0.717) is 16.9 Å². The van der Waals surface area contributed by atoms with E-state index in [2.05, 4.69) is 16.2 Å². The number of halogens is 1. The molecule has 0 heterocycles. The number of hydrazine groups is 1. The van der Waals surface area contributed by atoms with Gasteiger partial charge in [0.05, 0.1) is 7.11 Å². The number of thiocarbonyl (C=S) groups is 1. The fraction of sp³-hybridized carbons (Fsp3) is 0.0556. The minimum absolute atomic E-state index is 0.0689. The minimum Gasteiger partial charge on any atom is -0.497 e. The van der Waals surface area contributed by atoms with E-state index in [1.54, 1.807) is 24.3 Å². The van der Waals surface area contributed by atoms with Crippen molar-refractivity contribution in [3.05, 3.63) is 71.6 Å². The smallest absolute Gasteiger partial charge is 0.269 e. The molecule has 2 aromatic rings. The monoisotopic (exact) mass is 373 g/mol. The lowest BCUT2D eigenvalue weighted by Crippen LogP contribution is -2.48. The van der Waals surface area contributed by atoms with Gasteiger partial charge in [-0.25, -0.2) is 4.39 Å². The molecule has 0 aromatic heterocycles. The molecule has 2 rings (SSSR count). The van der Waals surface area contributed by atoms with Gasteiger partial charge >= 0.3 is 0 Å². The third-order valence-corrected chi connectivity index (χ3v) is 3.38. The Balaban J connectivity index is 1.79.